The number of carbonyl (C=O) groups is 2. The van der Waals surface area contributed by atoms with Gasteiger partial charge in [-0.05, 0) is 23.1 Å². The predicted octanol–water partition coefficient (Wildman–Crippen LogP) is 3.62. The Morgan fingerprint density at radius 2 is 1.71 bits per heavy atom. The molecule has 0 radical (unpaired) electrons. The molecule has 3 rings (SSSR count). The fourth-order valence-electron chi connectivity index (χ4n) is 3.01. The number of aromatic amines is 1. The maximum atomic E-state index is 12.4. The molecule has 6 heteroatoms. The van der Waals surface area contributed by atoms with E-state index in [9.17, 15) is 14.4 Å². The Labute approximate surface area is 162 Å². The Kier molecular flexibility index (Phi) is 5.31. The van der Waals surface area contributed by atoms with Gasteiger partial charge >= 0.3 is 5.97 Å². The van der Waals surface area contributed by atoms with Crippen LogP contribution in [0.3, 0.4) is 0 Å². The van der Waals surface area contributed by atoms with Crippen molar-refractivity contribution in [2.75, 3.05) is 11.9 Å². The minimum absolute atomic E-state index is 0.127. The van der Waals surface area contributed by atoms with Gasteiger partial charge in [0, 0.05) is 22.7 Å². The lowest BCUT2D eigenvalue weighted by Crippen LogP contribution is -2.24. The van der Waals surface area contributed by atoms with Crippen LogP contribution in [0.15, 0.2) is 59.4 Å². The van der Waals surface area contributed by atoms with Crippen LogP contribution in [0.25, 0.3) is 10.9 Å². The van der Waals surface area contributed by atoms with Crippen molar-refractivity contribution >= 4 is 28.5 Å². The molecular formula is C22H22N2O4. The zero-order chi connectivity index (χ0) is 20.3. The van der Waals surface area contributed by atoms with Gasteiger partial charge in [-0.2, -0.15) is 0 Å². The fraction of sp³-hybridized carbons (Fsp3) is 0.227. The monoisotopic (exact) mass is 378 g/mol. The molecule has 0 saturated carbocycles. The van der Waals surface area contributed by atoms with Crippen LogP contribution >= 0.6 is 0 Å². The second kappa shape index (κ2) is 7.68. The smallest absolute Gasteiger partial charge is 0.339 e. The molecule has 3 aromatic rings. The largest absolute Gasteiger partial charge is 0.452 e. The Morgan fingerprint density at radius 1 is 1.04 bits per heavy atom. The van der Waals surface area contributed by atoms with Crippen molar-refractivity contribution < 1.29 is 14.3 Å². The number of H-pyrrole nitrogens is 1. The van der Waals surface area contributed by atoms with Gasteiger partial charge in [0.2, 0.25) is 5.56 Å². The zero-order valence-corrected chi connectivity index (χ0v) is 16.0. The van der Waals surface area contributed by atoms with Crippen molar-refractivity contribution in [2.45, 2.75) is 26.2 Å². The zero-order valence-electron chi connectivity index (χ0n) is 16.0. The molecule has 2 N–H and O–H groups in total. The Balaban J connectivity index is 1.73. The first-order valence-corrected chi connectivity index (χ1v) is 8.94. The Morgan fingerprint density at radius 3 is 2.46 bits per heavy atom. The molecule has 1 aromatic heterocycles. The second-order valence-electron chi connectivity index (χ2n) is 7.51. The number of carbonyl (C=O) groups excluding carboxylic acids is 2. The summed E-state index contributed by atoms with van der Waals surface area (Å²) in [4.78, 5) is 39.2. The number of ether oxygens (including phenoxy) is 1. The van der Waals surface area contributed by atoms with Crippen molar-refractivity contribution in [3.05, 3.63) is 76.1 Å². The topological polar surface area (TPSA) is 88.3 Å². The van der Waals surface area contributed by atoms with Crippen molar-refractivity contribution in [3.8, 4) is 0 Å². The minimum atomic E-state index is -0.721. The molecule has 0 bridgehead atoms. The summed E-state index contributed by atoms with van der Waals surface area (Å²) < 4.78 is 5.15. The maximum Gasteiger partial charge on any atom is 0.339 e. The summed E-state index contributed by atoms with van der Waals surface area (Å²) in [6, 6.07) is 15.6. The molecule has 1 amide bonds. The van der Waals surface area contributed by atoms with E-state index in [1.165, 1.54) is 6.07 Å². The summed E-state index contributed by atoms with van der Waals surface area (Å²) in [6.07, 6.45) is 0. The van der Waals surface area contributed by atoms with Crippen LogP contribution in [-0.4, -0.2) is 23.5 Å². The molecule has 0 aliphatic rings. The normalized spacial score (nSPS) is 11.2. The van der Waals surface area contributed by atoms with Gasteiger partial charge in [-0.25, -0.2) is 4.79 Å². The molecular weight excluding hydrogens is 356 g/mol. The van der Waals surface area contributed by atoms with E-state index < -0.39 is 24.0 Å². The highest BCUT2D eigenvalue weighted by molar-refractivity contribution is 6.04. The lowest BCUT2D eigenvalue weighted by atomic mass is 9.86. The molecule has 28 heavy (non-hydrogen) atoms. The van der Waals surface area contributed by atoms with Gasteiger partial charge in [0.15, 0.2) is 6.61 Å². The first-order chi connectivity index (χ1) is 13.3. The van der Waals surface area contributed by atoms with Crippen LogP contribution in [-0.2, 0) is 14.9 Å². The average Bonchev–Trinajstić information content (AvgIpc) is 2.65. The summed E-state index contributed by atoms with van der Waals surface area (Å²) in [5, 5.41) is 3.35. The quantitative estimate of drug-likeness (QED) is 0.679. The lowest BCUT2D eigenvalue weighted by Gasteiger charge is -2.22. The lowest BCUT2D eigenvalue weighted by molar-refractivity contribution is -0.119. The number of rotatable bonds is 4. The average molecular weight is 378 g/mol. The number of benzene rings is 2. The molecule has 0 fully saturated rings. The number of para-hydroxylation sites is 2. The van der Waals surface area contributed by atoms with E-state index in [-0.39, 0.29) is 11.0 Å². The van der Waals surface area contributed by atoms with Crippen LogP contribution < -0.4 is 10.9 Å². The van der Waals surface area contributed by atoms with E-state index in [4.69, 9.17) is 4.74 Å². The van der Waals surface area contributed by atoms with E-state index in [0.717, 1.165) is 5.56 Å². The molecule has 6 nitrogen and oxygen atoms in total. The number of nitrogens with one attached hydrogen (secondary N) is 2. The molecule has 0 unspecified atom stereocenters. The number of amides is 1. The van der Waals surface area contributed by atoms with Gasteiger partial charge in [0.05, 0.1) is 5.56 Å². The highest BCUT2D eigenvalue weighted by Crippen LogP contribution is 2.29. The number of hydrogen-bond donors (Lipinski definition) is 2. The highest BCUT2D eigenvalue weighted by Gasteiger charge is 2.19. The summed E-state index contributed by atoms with van der Waals surface area (Å²) in [5.74, 6) is -1.17. The van der Waals surface area contributed by atoms with E-state index >= 15 is 0 Å². The summed E-state index contributed by atoms with van der Waals surface area (Å²) >= 11 is 0. The Bertz CT molecular complexity index is 1090. The van der Waals surface area contributed by atoms with Crippen LogP contribution in [0.2, 0.25) is 0 Å². The van der Waals surface area contributed by atoms with Gasteiger partial charge in [-0.3, -0.25) is 9.59 Å². The molecule has 2 aromatic carbocycles. The summed E-state index contributed by atoms with van der Waals surface area (Å²) in [7, 11) is 0. The minimum Gasteiger partial charge on any atom is -0.452 e. The molecule has 1 heterocycles. The van der Waals surface area contributed by atoms with Gasteiger partial charge in [-0.1, -0.05) is 57.2 Å². The van der Waals surface area contributed by atoms with Crippen molar-refractivity contribution in [1.29, 1.82) is 0 Å². The van der Waals surface area contributed by atoms with Crippen molar-refractivity contribution in [2.24, 2.45) is 0 Å². The Hall–Kier alpha value is -3.41. The molecule has 0 aliphatic heterocycles. The molecule has 0 saturated heterocycles. The standard InChI is InChI=1S/C22H22N2O4/c1-22(2,3)16-9-5-7-11-18(16)24-20(26)13-28-21(27)15-12-19(25)23-17-10-6-4-8-14(15)17/h4-12H,13H2,1-3H3,(H,23,25)(H,24,26). The van der Waals surface area contributed by atoms with Gasteiger partial charge in [0.25, 0.3) is 5.91 Å². The van der Waals surface area contributed by atoms with E-state index in [1.54, 1.807) is 24.3 Å². The SMILES string of the molecule is CC(C)(C)c1ccccc1NC(=O)COC(=O)c1cc(=O)[nH]c2ccccc12. The first kappa shape index (κ1) is 19.4. The number of anilines is 1. The maximum absolute atomic E-state index is 12.4. The third-order valence-electron chi connectivity index (χ3n) is 4.31. The van der Waals surface area contributed by atoms with E-state index in [1.807, 2.05) is 24.3 Å². The third-order valence-corrected chi connectivity index (χ3v) is 4.31. The van der Waals surface area contributed by atoms with Crippen LogP contribution in [0.1, 0.15) is 36.7 Å². The molecule has 0 atom stereocenters. The van der Waals surface area contributed by atoms with Crippen molar-refractivity contribution in [3.63, 3.8) is 0 Å². The van der Waals surface area contributed by atoms with Gasteiger partial charge < -0.3 is 15.0 Å². The third kappa shape index (κ3) is 4.28. The predicted molar refractivity (Wildman–Crippen MR) is 109 cm³/mol. The fourth-order valence-corrected chi connectivity index (χ4v) is 3.01. The van der Waals surface area contributed by atoms with Gasteiger partial charge in [0.1, 0.15) is 0 Å². The summed E-state index contributed by atoms with van der Waals surface area (Å²) in [5.41, 5.74) is 1.76. The molecule has 0 aliphatic carbocycles. The highest BCUT2D eigenvalue weighted by atomic mass is 16.5. The number of pyridine rings is 1. The second-order valence-corrected chi connectivity index (χ2v) is 7.51. The number of aromatic nitrogens is 1. The number of esters is 1. The van der Waals surface area contributed by atoms with E-state index in [0.29, 0.717) is 16.6 Å². The molecule has 0 spiro atoms. The van der Waals surface area contributed by atoms with Crippen LogP contribution in [0, 0.1) is 0 Å². The van der Waals surface area contributed by atoms with Crippen LogP contribution in [0.5, 0.6) is 0 Å². The van der Waals surface area contributed by atoms with Crippen LogP contribution in [0.4, 0.5) is 5.69 Å². The molecule has 144 valence electrons. The number of hydrogen-bond acceptors (Lipinski definition) is 4. The number of fused-ring (bicyclic) bond motifs is 1. The van der Waals surface area contributed by atoms with E-state index in [2.05, 4.69) is 31.1 Å². The first-order valence-electron chi connectivity index (χ1n) is 8.94. The van der Waals surface area contributed by atoms with Crippen molar-refractivity contribution in [1.82, 2.24) is 4.98 Å². The van der Waals surface area contributed by atoms with Gasteiger partial charge in [-0.15, -0.1) is 0 Å². The summed E-state index contributed by atoms with van der Waals surface area (Å²) in [6.45, 7) is 5.71.